The van der Waals surface area contributed by atoms with Gasteiger partial charge in [0.2, 0.25) is 5.78 Å². The van der Waals surface area contributed by atoms with Crippen molar-refractivity contribution >= 4 is 29.0 Å². The van der Waals surface area contributed by atoms with Crippen molar-refractivity contribution in [1.29, 1.82) is 0 Å². The molecule has 0 bridgehead atoms. The fraction of sp³-hybridized carbons (Fsp3) is 0.176. The summed E-state index contributed by atoms with van der Waals surface area (Å²) in [5.74, 6) is -0.866. The Balaban J connectivity index is 1.98. The molecule has 0 spiro atoms. The first-order chi connectivity index (χ1) is 10.5. The summed E-state index contributed by atoms with van der Waals surface area (Å²) in [6.07, 6.45) is 0. The average molecular weight is 318 g/mol. The smallest absolute Gasteiger partial charge is 0.338 e. The molecule has 0 saturated heterocycles. The Labute approximate surface area is 134 Å². The van der Waals surface area contributed by atoms with Crippen molar-refractivity contribution in [1.82, 2.24) is 0 Å². The summed E-state index contributed by atoms with van der Waals surface area (Å²) in [5.41, 5.74) is 1.72. The number of Topliss-reactive ketones (excluding diaryl/α,β-unsaturated/α-hetero) is 1. The number of carbonyl (C=O) groups is 2. The third kappa shape index (κ3) is 3.86. The van der Waals surface area contributed by atoms with Crippen LogP contribution in [0.3, 0.4) is 0 Å². The van der Waals surface area contributed by atoms with Gasteiger partial charge in [0.25, 0.3) is 0 Å². The van der Waals surface area contributed by atoms with Crippen LogP contribution in [0.2, 0.25) is 5.02 Å². The fourth-order valence-electron chi connectivity index (χ4n) is 1.88. The molecular formula is C17H16ClNO3. The number of carbonyl (C=O) groups excluding carboxylic acids is 2. The van der Waals surface area contributed by atoms with E-state index in [4.69, 9.17) is 16.3 Å². The van der Waals surface area contributed by atoms with E-state index in [1.807, 2.05) is 31.1 Å². The van der Waals surface area contributed by atoms with Gasteiger partial charge in [-0.05, 0) is 36.4 Å². The maximum Gasteiger partial charge on any atom is 0.338 e. The Bertz CT molecular complexity index is 681. The highest BCUT2D eigenvalue weighted by Crippen LogP contribution is 2.16. The number of benzene rings is 2. The van der Waals surface area contributed by atoms with Crippen LogP contribution in [-0.4, -0.2) is 32.5 Å². The average Bonchev–Trinajstić information content (AvgIpc) is 2.52. The number of rotatable bonds is 5. The van der Waals surface area contributed by atoms with Crippen LogP contribution in [0, 0.1) is 0 Å². The molecule has 2 rings (SSSR count). The number of hydrogen-bond donors (Lipinski definition) is 0. The van der Waals surface area contributed by atoms with E-state index in [-0.39, 0.29) is 12.4 Å². The third-order valence-electron chi connectivity index (χ3n) is 3.13. The van der Waals surface area contributed by atoms with E-state index in [1.54, 1.807) is 36.4 Å². The summed E-state index contributed by atoms with van der Waals surface area (Å²) in [4.78, 5) is 25.8. The third-order valence-corrected chi connectivity index (χ3v) is 3.46. The number of ketones is 1. The van der Waals surface area contributed by atoms with E-state index in [0.29, 0.717) is 16.1 Å². The standard InChI is InChI=1S/C17H16ClNO3/c1-19(2)13-9-7-12(8-10-13)17(21)22-11-16(20)14-5-3-4-6-15(14)18/h3-10H,11H2,1-2H3. The van der Waals surface area contributed by atoms with Crippen LogP contribution in [0.4, 0.5) is 5.69 Å². The second-order valence-corrected chi connectivity index (χ2v) is 5.33. The predicted octanol–water partition coefficient (Wildman–Crippen LogP) is 3.45. The Morgan fingerprint density at radius 3 is 2.27 bits per heavy atom. The molecule has 0 atom stereocenters. The first kappa shape index (κ1) is 16.0. The molecule has 4 nitrogen and oxygen atoms in total. The second kappa shape index (κ2) is 7.09. The van der Waals surface area contributed by atoms with Crippen molar-refractivity contribution in [2.24, 2.45) is 0 Å². The van der Waals surface area contributed by atoms with Crippen LogP contribution in [0.5, 0.6) is 0 Å². The van der Waals surface area contributed by atoms with Crippen molar-refractivity contribution in [3.05, 3.63) is 64.7 Å². The Morgan fingerprint density at radius 1 is 1.05 bits per heavy atom. The van der Waals surface area contributed by atoms with Gasteiger partial charge >= 0.3 is 5.97 Å². The molecule has 0 aliphatic carbocycles. The molecule has 0 aromatic heterocycles. The zero-order chi connectivity index (χ0) is 16.1. The second-order valence-electron chi connectivity index (χ2n) is 4.92. The molecule has 0 saturated carbocycles. The van der Waals surface area contributed by atoms with Crippen LogP contribution in [0.15, 0.2) is 48.5 Å². The summed E-state index contributed by atoms with van der Waals surface area (Å²) in [6, 6.07) is 13.6. The highest BCUT2D eigenvalue weighted by molar-refractivity contribution is 6.34. The lowest BCUT2D eigenvalue weighted by atomic mass is 10.1. The normalized spacial score (nSPS) is 10.1. The van der Waals surface area contributed by atoms with Gasteiger partial charge < -0.3 is 9.64 Å². The zero-order valence-corrected chi connectivity index (χ0v) is 13.1. The van der Waals surface area contributed by atoms with Crippen LogP contribution in [-0.2, 0) is 4.74 Å². The van der Waals surface area contributed by atoms with Crippen LogP contribution in [0.25, 0.3) is 0 Å². The highest BCUT2D eigenvalue weighted by Gasteiger charge is 2.14. The van der Waals surface area contributed by atoms with Gasteiger partial charge in [-0.3, -0.25) is 4.79 Å². The lowest BCUT2D eigenvalue weighted by Crippen LogP contribution is -2.15. The van der Waals surface area contributed by atoms with E-state index in [2.05, 4.69) is 0 Å². The number of esters is 1. The predicted molar refractivity (Wildman–Crippen MR) is 86.8 cm³/mol. The maximum absolute atomic E-state index is 12.0. The molecule has 2 aromatic carbocycles. The molecule has 0 radical (unpaired) electrons. The van der Waals surface area contributed by atoms with Gasteiger partial charge in [0, 0.05) is 25.3 Å². The number of anilines is 1. The van der Waals surface area contributed by atoms with Crippen LogP contribution >= 0.6 is 11.6 Å². The summed E-state index contributed by atoms with van der Waals surface area (Å²) >= 11 is 5.93. The lowest BCUT2D eigenvalue weighted by Gasteiger charge is -2.12. The van der Waals surface area contributed by atoms with E-state index in [9.17, 15) is 9.59 Å². The largest absolute Gasteiger partial charge is 0.454 e. The van der Waals surface area contributed by atoms with Crippen molar-refractivity contribution in [3.8, 4) is 0 Å². The molecule has 2 aromatic rings. The van der Waals surface area contributed by atoms with Gasteiger partial charge in [0.05, 0.1) is 10.6 Å². The molecule has 0 aliphatic rings. The SMILES string of the molecule is CN(C)c1ccc(C(=O)OCC(=O)c2ccccc2Cl)cc1. The highest BCUT2D eigenvalue weighted by atomic mass is 35.5. The first-order valence-corrected chi connectivity index (χ1v) is 7.09. The Kier molecular flexibility index (Phi) is 5.17. The van der Waals surface area contributed by atoms with Crippen molar-refractivity contribution < 1.29 is 14.3 Å². The zero-order valence-electron chi connectivity index (χ0n) is 12.4. The monoisotopic (exact) mass is 317 g/mol. The minimum absolute atomic E-state index is 0.330. The van der Waals surface area contributed by atoms with E-state index in [1.165, 1.54) is 0 Å². The molecule has 0 aliphatic heterocycles. The molecule has 0 unspecified atom stereocenters. The topological polar surface area (TPSA) is 46.6 Å². The van der Waals surface area contributed by atoms with Crippen LogP contribution in [0.1, 0.15) is 20.7 Å². The van der Waals surface area contributed by atoms with Gasteiger partial charge in [0.1, 0.15) is 0 Å². The molecule has 0 heterocycles. The number of ether oxygens (including phenoxy) is 1. The van der Waals surface area contributed by atoms with Gasteiger partial charge in [-0.25, -0.2) is 4.79 Å². The van der Waals surface area contributed by atoms with Gasteiger partial charge in [-0.15, -0.1) is 0 Å². The summed E-state index contributed by atoms with van der Waals surface area (Å²) in [7, 11) is 3.82. The van der Waals surface area contributed by atoms with Crippen molar-refractivity contribution in [3.63, 3.8) is 0 Å². The molecule has 114 valence electrons. The molecule has 0 fully saturated rings. The Hall–Kier alpha value is -2.33. The maximum atomic E-state index is 12.0. The van der Waals surface area contributed by atoms with Gasteiger partial charge in [-0.1, -0.05) is 23.7 Å². The van der Waals surface area contributed by atoms with Crippen LogP contribution < -0.4 is 4.90 Å². The molecule has 5 heteroatoms. The van der Waals surface area contributed by atoms with Crippen molar-refractivity contribution in [2.75, 3.05) is 25.6 Å². The first-order valence-electron chi connectivity index (χ1n) is 6.71. The number of nitrogens with zero attached hydrogens (tertiary/aromatic N) is 1. The minimum atomic E-state index is -0.536. The quantitative estimate of drug-likeness (QED) is 0.626. The minimum Gasteiger partial charge on any atom is -0.454 e. The van der Waals surface area contributed by atoms with E-state index in [0.717, 1.165) is 5.69 Å². The van der Waals surface area contributed by atoms with E-state index < -0.39 is 5.97 Å². The van der Waals surface area contributed by atoms with Gasteiger partial charge in [0.15, 0.2) is 6.61 Å². The molecule has 22 heavy (non-hydrogen) atoms. The number of hydrogen-bond acceptors (Lipinski definition) is 4. The molecule has 0 N–H and O–H groups in total. The molecular weight excluding hydrogens is 302 g/mol. The summed E-state index contributed by atoms with van der Waals surface area (Å²) < 4.78 is 5.04. The van der Waals surface area contributed by atoms with Gasteiger partial charge in [-0.2, -0.15) is 0 Å². The van der Waals surface area contributed by atoms with Crippen molar-refractivity contribution in [2.45, 2.75) is 0 Å². The fourth-order valence-corrected chi connectivity index (χ4v) is 2.12. The molecule has 0 amide bonds. The Morgan fingerprint density at radius 2 is 1.68 bits per heavy atom. The summed E-state index contributed by atoms with van der Waals surface area (Å²) in [5, 5.41) is 0.346. The summed E-state index contributed by atoms with van der Waals surface area (Å²) in [6.45, 7) is -0.335. The number of halogens is 1. The van der Waals surface area contributed by atoms with E-state index >= 15 is 0 Å². The lowest BCUT2D eigenvalue weighted by molar-refractivity contribution is 0.0475.